The number of allylic oxidation sites excluding steroid dienone is 4. The SMILES string of the molecule is C=C(CO)[C@@H]1CC[C@]2(C)CC[C@]3(C)C(=CC[C@@H]4[C@@]5(C)C=CC(=O)C(C)(C)[C@@H]5CC[C@]43C)[C@@H]12. The zero-order chi connectivity index (χ0) is 23.3. The van der Waals surface area contributed by atoms with E-state index in [1.807, 2.05) is 6.08 Å². The number of hydrogen-bond acceptors (Lipinski definition) is 2. The Morgan fingerprint density at radius 1 is 1.03 bits per heavy atom. The third kappa shape index (κ3) is 2.54. The summed E-state index contributed by atoms with van der Waals surface area (Å²) >= 11 is 0. The zero-order valence-electron chi connectivity index (χ0n) is 21.3. The molecule has 3 saturated carbocycles. The molecule has 2 nitrogen and oxygen atoms in total. The van der Waals surface area contributed by atoms with Crippen molar-refractivity contribution in [1.29, 1.82) is 0 Å². The lowest BCUT2D eigenvalue weighted by molar-refractivity contribution is -0.156. The van der Waals surface area contributed by atoms with Crippen LogP contribution < -0.4 is 0 Å². The topological polar surface area (TPSA) is 37.3 Å². The van der Waals surface area contributed by atoms with E-state index in [2.05, 4.69) is 60.3 Å². The molecule has 0 bridgehead atoms. The largest absolute Gasteiger partial charge is 0.392 e. The van der Waals surface area contributed by atoms with Gasteiger partial charge in [0.25, 0.3) is 0 Å². The van der Waals surface area contributed by atoms with Crippen molar-refractivity contribution in [2.75, 3.05) is 6.61 Å². The summed E-state index contributed by atoms with van der Waals surface area (Å²) in [6, 6.07) is 0. The summed E-state index contributed by atoms with van der Waals surface area (Å²) < 4.78 is 0. The van der Waals surface area contributed by atoms with Crippen molar-refractivity contribution in [3.63, 3.8) is 0 Å². The van der Waals surface area contributed by atoms with Crippen molar-refractivity contribution in [3.05, 3.63) is 36.0 Å². The Morgan fingerprint density at radius 2 is 1.75 bits per heavy atom. The fraction of sp³-hybridized carbons (Fsp3) is 0.767. The first-order valence-electron chi connectivity index (χ1n) is 13.1. The third-order valence-electron chi connectivity index (χ3n) is 12.2. The van der Waals surface area contributed by atoms with Gasteiger partial charge in [0.2, 0.25) is 0 Å². The number of carbonyl (C=O) groups is 1. The van der Waals surface area contributed by atoms with E-state index in [0.29, 0.717) is 34.9 Å². The average Bonchev–Trinajstić information content (AvgIpc) is 3.09. The highest BCUT2D eigenvalue weighted by Crippen LogP contribution is 2.75. The van der Waals surface area contributed by atoms with Gasteiger partial charge in [0.05, 0.1) is 6.61 Å². The molecule has 0 unspecified atom stereocenters. The van der Waals surface area contributed by atoms with Gasteiger partial charge >= 0.3 is 0 Å². The Labute approximate surface area is 195 Å². The summed E-state index contributed by atoms with van der Waals surface area (Å²) in [5, 5.41) is 9.95. The van der Waals surface area contributed by atoms with E-state index in [-0.39, 0.29) is 28.3 Å². The van der Waals surface area contributed by atoms with E-state index in [4.69, 9.17) is 0 Å². The number of ketones is 1. The number of fused-ring (bicyclic) bond motifs is 7. The van der Waals surface area contributed by atoms with Crippen LogP contribution in [-0.2, 0) is 4.79 Å². The van der Waals surface area contributed by atoms with Crippen LogP contribution >= 0.6 is 0 Å². The Balaban J connectivity index is 1.62. The first-order chi connectivity index (χ1) is 14.8. The maximum Gasteiger partial charge on any atom is 0.161 e. The molecule has 8 atom stereocenters. The van der Waals surface area contributed by atoms with Crippen molar-refractivity contribution in [3.8, 4) is 0 Å². The van der Waals surface area contributed by atoms with Gasteiger partial charge in [-0.05, 0) is 102 Å². The van der Waals surface area contributed by atoms with Crippen LogP contribution in [0.5, 0.6) is 0 Å². The van der Waals surface area contributed by atoms with Crippen LogP contribution in [0.25, 0.3) is 0 Å². The Kier molecular flexibility index (Phi) is 4.75. The summed E-state index contributed by atoms with van der Waals surface area (Å²) in [6.45, 7) is 18.9. The first kappa shape index (κ1) is 22.6. The van der Waals surface area contributed by atoms with Crippen LogP contribution in [0.1, 0.15) is 86.5 Å². The lowest BCUT2D eigenvalue weighted by atomic mass is 9.35. The average molecular weight is 437 g/mol. The molecule has 0 amide bonds. The molecule has 2 heteroatoms. The van der Waals surface area contributed by atoms with E-state index in [1.165, 1.54) is 32.1 Å². The van der Waals surface area contributed by atoms with Crippen LogP contribution in [0, 0.1) is 50.7 Å². The van der Waals surface area contributed by atoms with E-state index >= 15 is 0 Å². The molecule has 5 rings (SSSR count). The van der Waals surface area contributed by atoms with Gasteiger partial charge in [-0.3, -0.25) is 4.79 Å². The van der Waals surface area contributed by atoms with Gasteiger partial charge in [-0.15, -0.1) is 0 Å². The van der Waals surface area contributed by atoms with Crippen LogP contribution in [0.15, 0.2) is 36.0 Å². The molecule has 0 aromatic rings. The van der Waals surface area contributed by atoms with Crippen molar-refractivity contribution in [2.45, 2.75) is 86.5 Å². The normalized spacial score (nSPS) is 51.2. The molecule has 0 saturated heterocycles. The minimum atomic E-state index is -0.268. The molecule has 1 N–H and O–H groups in total. The number of hydrogen-bond donors (Lipinski definition) is 1. The number of aliphatic hydroxyl groups excluding tert-OH is 1. The minimum absolute atomic E-state index is 0.0694. The Bertz CT molecular complexity index is 923. The maximum atomic E-state index is 12.8. The Morgan fingerprint density at radius 3 is 2.44 bits per heavy atom. The number of carbonyl (C=O) groups excluding carboxylic acids is 1. The quantitative estimate of drug-likeness (QED) is 0.478. The first-order valence-corrected chi connectivity index (χ1v) is 13.1. The van der Waals surface area contributed by atoms with Crippen LogP contribution in [0.2, 0.25) is 0 Å². The van der Waals surface area contributed by atoms with Gasteiger partial charge in [-0.25, -0.2) is 0 Å². The number of aliphatic hydroxyl groups is 1. The van der Waals surface area contributed by atoms with E-state index in [0.717, 1.165) is 18.4 Å². The highest BCUT2D eigenvalue weighted by molar-refractivity contribution is 5.95. The molecule has 0 aliphatic heterocycles. The molecule has 176 valence electrons. The summed E-state index contributed by atoms with van der Waals surface area (Å²) in [5.74, 6) is 2.26. The highest BCUT2D eigenvalue weighted by Gasteiger charge is 2.67. The van der Waals surface area contributed by atoms with Crippen molar-refractivity contribution < 1.29 is 9.90 Å². The molecule has 0 heterocycles. The predicted octanol–water partition coefficient (Wildman–Crippen LogP) is 6.90. The molecule has 0 aromatic carbocycles. The van der Waals surface area contributed by atoms with Crippen molar-refractivity contribution in [1.82, 2.24) is 0 Å². The molecule has 5 aliphatic carbocycles. The van der Waals surface area contributed by atoms with Gasteiger partial charge < -0.3 is 5.11 Å². The van der Waals surface area contributed by atoms with Gasteiger partial charge in [-0.1, -0.05) is 65.8 Å². The highest BCUT2D eigenvalue weighted by atomic mass is 16.3. The molecule has 0 spiro atoms. The van der Waals surface area contributed by atoms with Crippen LogP contribution in [-0.4, -0.2) is 17.5 Å². The van der Waals surface area contributed by atoms with E-state index in [9.17, 15) is 9.90 Å². The summed E-state index contributed by atoms with van der Waals surface area (Å²) in [6.07, 6.45) is 15.3. The zero-order valence-corrected chi connectivity index (χ0v) is 21.3. The summed E-state index contributed by atoms with van der Waals surface area (Å²) in [5.41, 5.74) is 3.30. The van der Waals surface area contributed by atoms with Crippen molar-refractivity contribution >= 4 is 5.78 Å². The second-order valence-electron chi connectivity index (χ2n) is 13.7. The number of rotatable bonds is 2. The molecule has 0 aromatic heterocycles. The molecule has 3 fully saturated rings. The fourth-order valence-electron chi connectivity index (χ4n) is 10.0. The van der Waals surface area contributed by atoms with Crippen LogP contribution in [0.3, 0.4) is 0 Å². The smallest absolute Gasteiger partial charge is 0.161 e. The van der Waals surface area contributed by atoms with E-state index < -0.39 is 0 Å². The second kappa shape index (κ2) is 6.71. The summed E-state index contributed by atoms with van der Waals surface area (Å²) in [7, 11) is 0. The lowest BCUT2D eigenvalue weighted by Crippen LogP contribution is -2.62. The van der Waals surface area contributed by atoms with Gasteiger partial charge in [-0.2, -0.15) is 0 Å². The Hall–Kier alpha value is -1.15. The van der Waals surface area contributed by atoms with Gasteiger partial charge in [0, 0.05) is 5.41 Å². The lowest BCUT2D eigenvalue weighted by Gasteiger charge is -2.69. The molecule has 5 aliphatic rings. The molecular formula is C30H44O2. The predicted molar refractivity (Wildman–Crippen MR) is 131 cm³/mol. The third-order valence-corrected chi connectivity index (χ3v) is 12.2. The van der Waals surface area contributed by atoms with Gasteiger partial charge in [0.1, 0.15) is 0 Å². The maximum absolute atomic E-state index is 12.8. The monoisotopic (exact) mass is 436 g/mol. The molecular weight excluding hydrogens is 392 g/mol. The second-order valence-corrected chi connectivity index (χ2v) is 13.7. The van der Waals surface area contributed by atoms with Gasteiger partial charge in [0.15, 0.2) is 5.78 Å². The molecule has 0 radical (unpaired) electrons. The minimum Gasteiger partial charge on any atom is -0.392 e. The van der Waals surface area contributed by atoms with E-state index in [1.54, 1.807) is 5.57 Å². The summed E-state index contributed by atoms with van der Waals surface area (Å²) in [4.78, 5) is 12.8. The van der Waals surface area contributed by atoms with Crippen LogP contribution in [0.4, 0.5) is 0 Å². The van der Waals surface area contributed by atoms with Crippen molar-refractivity contribution in [2.24, 2.45) is 50.7 Å². The standard InChI is InChI=1S/C30H44O2/c1-19(18-31)20-10-13-27(4)16-17-29(6)21(25(20)27)8-9-23-28(5)14-12-24(32)26(2,3)22(28)11-15-30(23,29)7/h8,12,14,20,22-23,25,31H,1,9-11,13,15-18H2,2-7H3/t20-,22-,23+,25+,27+,28-,29+,30+/m0/s1. The fourth-order valence-corrected chi connectivity index (χ4v) is 10.0. The molecule has 32 heavy (non-hydrogen) atoms.